The Labute approximate surface area is 145 Å². The highest BCUT2D eigenvalue weighted by Gasteiger charge is 2.62. The summed E-state index contributed by atoms with van der Waals surface area (Å²) in [4.78, 5) is 11.7. The van der Waals surface area contributed by atoms with E-state index in [1.165, 1.54) is 6.42 Å². The SMILES string of the molecule is C[C@]12CCC(N)(O)CC1CC[C@@H]1[C@@H]2CC[C@]2(C)C(C(=O)O)CC[C@@H]12. The molecule has 4 aliphatic rings. The predicted octanol–water partition coefficient (Wildman–Crippen LogP) is 3.38. The Morgan fingerprint density at radius 3 is 2.38 bits per heavy atom. The summed E-state index contributed by atoms with van der Waals surface area (Å²) in [5.41, 5.74) is 5.38. The van der Waals surface area contributed by atoms with E-state index < -0.39 is 11.7 Å². The zero-order chi connectivity index (χ0) is 17.3. The lowest BCUT2D eigenvalue weighted by Gasteiger charge is -2.61. The summed E-state index contributed by atoms with van der Waals surface area (Å²) >= 11 is 0. The van der Waals surface area contributed by atoms with Gasteiger partial charge in [0.15, 0.2) is 0 Å². The number of rotatable bonds is 1. The molecule has 0 aliphatic heterocycles. The zero-order valence-electron chi connectivity index (χ0n) is 15.1. The lowest BCUT2D eigenvalue weighted by molar-refractivity contribution is -0.160. The molecule has 4 saturated carbocycles. The number of aliphatic hydroxyl groups is 1. The second-order valence-corrected chi connectivity index (χ2v) is 9.98. The van der Waals surface area contributed by atoms with Crippen molar-refractivity contribution in [2.24, 2.45) is 46.2 Å². The van der Waals surface area contributed by atoms with Gasteiger partial charge in [-0.05, 0) is 92.3 Å². The number of hydrogen-bond acceptors (Lipinski definition) is 3. The molecule has 0 bridgehead atoms. The van der Waals surface area contributed by atoms with Crippen molar-refractivity contribution < 1.29 is 15.0 Å². The highest BCUT2D eigenvalue weighted by atomic mass is 16.4. The molecule has 24 heavy (non-hydrogen) atoms. The summed E-state index contributed by atoms with van der Waals surface area (Å²) in [7, 11) is 0. The predicted molar refractivity (Wildman–Crippen MR) is 92.0 cm³/mol. The molecule has 0 radical (unpaired) electrons. The average molecular weight is 335 g/mol. The molecule has 4 N–H and O–H groups in total. The normalized spacial score (nSPS) is 56.9. The Bertz CT molecular complexity index is 547. The number of carboxylic acid groups (broad SMARTS) is 1. The van der Waals surface area contributed by atoms with Crippen molar-refractivity contribution in [3.05, 3.63) is 0 Å². The van der Waals surface area contributed by atoms with Crippen molar-refractivity contribution in [3.8, 4) is 0 Å². The van der Waals surface area contributed by atoms with Crippen LogP contribution in [-0.4, -0.2) is 21.9 Å². The molecule has 0 amide bonds. The van der Waals surface area contributed by atoms with Gasteiger partial charge >= 0.3 is 5.97 Å². The summed E-state index contributed by atoms with van der Waals surface area (Å²) in [5.74, 6) is 1.76. The second-order valence-electron chi connectivity index (χ2n) is 9.98. The van der Waals surface area contributed by atoms with Gasteiger partial charge in [0.2, 0.25) is 0 Å². The molecule has 3 unspecified atom stereocenters. The summed E-state index contributed by atoms with van der Waals surface area (Å²) in [5, 5.41) is 20.0. The molecule has 4 aliphatic carbocycles. The maximum absolute atomic E-state index is 11.7. The smallest absolute Gasteiger partial charge is 0.307 e. The Morgan fingerprint density at radius 1 is 0.958 bits per heavy atom. The first-order chi connectivity index (χ1) is 11.2. The van der Waals surface area contributed by atoms with Gasteiger partial charge < -0.3 is 15.9 Å². The number of hydrogen-bond donors (Lipinski definition) is 3. The zero-order valence-corrected chi connectivity index (χ0v) is 15.1. The molecule has 0 saturated heterocycles. The molecule has 0 spiro atoms. The summed E-state index contributed by atoms with van der Waals surface area (Å²) in [6.45, 7) is 4.70. The average Bonchev–Trinajstić information content (AvgIpc) is 2.85. The molecule has 4 fully saturated rings. The standard InChI is InChI=1S/C20H33NO3/c1-18-9-10-20(21,24)11-12(18)3-4-13-14-5-6-16(17(22)23)19(14,2)8-7-15(13)18/h12-16,24H,3-11,21H2,1-2H3,(H,22,23)/t12?,13-,14-,15-,16?,18-,19-,20?/m0/s1. The lowest BCUT2D eigenvalue weighted by Crippen LogP contribution is -2.58. The third kappa shape index (κ3) is 2.21. The van der Waals surface area contributed by atoms with Crippen LogP contribution in [0, 0.1) is 40.4 Å². The number of carbonyl (C=O) groups is 1. The van der Waals surface area contributed by atoms with Crippen LogP contribution >= 0.6 is 0 Å². The third-order valence-electron chi connectivity index (χ3n) is 9.06. The molecule has 136 valence electrons. The van der Waals surface area contributed by atoms with Gasteiger partial charge in [-0.15, -0.1) is 0 Å². The van der Waals surface area contributed by atoms with E-state index in [2.05, 4.69) is 13.8 Å². The van der Waals surface area contributed by atoms with Gasteiger partial charge in [0.1, 0.15) is 5.72 Å². The largest absolute Gasteiger partial charge is 0.481 e. The van der Waals surface area contributed by atoms with Gasteiger partial charge in [0.25, 0.3) is 0 Å². The van der Waals surface area contributed by atoms with Crippen LogP contribution in [0.1, 0.15) is 71.6 Å². The van der Waals surface area contributed by atoms with Gasteiger partial charge in [-0.25, -0.2) is 0 Å². The van der Waals surface area contributed by atoms with Gasteiger partial charge in [-0.1, -0.05) is 13.8 Å². The van der Waals surface area contributed by atoms with E-state index in [0.717, 1.165) is 44.9 Å². The van der Waals surface area contributed by atoms with Crippen molar-refractivity contribution >= 4 is 5.97 Å². The van der Waals surface area contributed by atoms with Crippen LogP contribution in [0.2, 0.25) is 0 Å². The van der Waals surface area contributed by atoms with Crippen molar-refractivity contribution in [2.45, 2.75) is 77.4 Å². The fraction of sp³-hybridized carbons (Fsp3) is 0.950. The van der Waals surface area contributed by atoms with Crippen molar-refractivity contribution in [1.82, 2.24) is 0 Å². The van der Waals surface area contributed by atoms with E-state index in [-0.39, 0.29) is 16.7 Å². The summed E-state index contributed by atoms with van der Waals surface area (Å²) in [6, 6.07) is 0. The monoisotopic (exact) mass is 335 g/mol. The van der Waals surface area contributed by atoms with E-state index in [0.29, 0.717) is 30.1 Å². The Balaban J connectivity index is 1.61. The van der Waals surface area contributed by atoms with Gasteiger partial charge in [-0.2, -0.15) is 0 Å². The minimum atomic E-state index is -0.970. The van der Waals surface area contributed by atoms with Crippen LogP contribution in [0.25, 0.3) is 0 Å². The molecule has 8 atom stereocenters. The first-order valence-electron chi connectivity index (χ1n) is 9.91. The Kier molecular flexibility index (Phi) is 3.65. The minimum absolute atomic E-state index is 0.000528. The minimum Gasteiger partial charge on any atom is -0.481 e. The van der Waals surface area contributed by atoms with Crippen LogP contribution in [0.4, 0.5) is 0 Å². The van der Waals surface area contributed by atoms with Gasteiger partial charge in [0, 0.05) is 0 Å². The summed E-state index contributed by atoms with van der Waals surface area (Å²) in [6.07, 6.45) is 9.02. The first kappa shape index (κ1) is 16.8. The van der Waals surface area contributed by atoms with Crippen LogP contribution in [0.3, 0.4) is 0 Å². The van der Waals surface area contributed by atoms with Crippen LogP contribution < -0.4 is 5.73 Å². The van der Waals surface area contributed by atoms with E-state index >= 15 is 0 Å². The maximum atomic E-state index is 11.7. The maximum Gasteiger partial charge on any atom is 0.307 e. The number of nitrogens with two attached hydrogens (primary N) is 1. The second kappa shape index (κ2) is 5.20. The molecule has 0 aromatic carbocycles. The molecular weight excluding hydrogens is 302 g/mol. The lowest BCUT2D eigenvalue weighted by atomic mass is 9.44. The van der Waals surface area contributed by atoms with Crippen LogP contribution in [0.5, 0.6) is 0 Å². The molecular formula is C20H33NO3. The molecule has 4 nitrogen and oxygen atoms in total. The third-order valence-corrected chi connectivity index (χ3v) is 9.06. The van der Waals surface area contributed by atoms with E-state index in [9.17, 15) is 15.0 Å². The van der Waals surface area contributed by atoms with Crippen LogP contribution in [0.15, 0.2) is 0 Å². The Hall–Kier alpha value is -0.610. The topological polar surface area (TPSA) is 83.5 Å². The number of aliphatic carboxylic acids is 1. The first-order valence-corrected chi connectivity index (χ1v) is 9.91. The fourth-order valence-corrected chi connectivity index (χ4v) is 7.68. The van der Waals surface area contributed by atoms with Gasteiger partial charge in [-0.3, -0.25) is 4.79 Å². The molecule has 0 aromatic rings. The quantitative estimate of drug-likeness (QED) is 0.642. The van der Waals surface area contributed by atoms with Crippen molar-refractivity contribution in [2.75, 3.05) is 0 Å². The summed E-state index contributed by atoms with van der Waals surface area (Å²) < 4.78 is 0. The number of fused-ring (bicyclic) bond motifs is 5. The van der Waals surface area contributed by atoms with E-state index in [1.54, 1.807) is 0 Å². The molecule has 0 aromatic heterocycles. The van der Waals surface area contributed by atoms with Gasteiger partial charge in [0.05, 0.1) is 5.92 Å². The fourth-order valence-electron chi connectivity index (χ4n) is 7.68. The Morgan fingerprint density at radius 2 is 1.67 bits per heavy atom. The highest BCUT2D eigenvalue weighted by Crippen LogP contribution is 2.67. The van der Waals surface area contributed by atoms with E-state index in [1.807, 2.05) is 0 Å². The van der Waals surface area contributed by atoms with Crippen molar-refractivity contribution in [1.29, 1.82) is 0 Å². The van der Waals surface area contributed by atoms with Crippen molar-refractivity contribution in [3.63, 3.8) is 0 Å². The van der Waals surface area contributed by atoms with Crippen LogP contribution in [-0.2, 0) is 4.79 Å². The van der Waals surface area contributed by atoms with E-state index in [4.69, 9.17) is 5.73 Å². The molecule has 0 heterocycles. The molecule has 4 rings (SSSR count). The highest BCUT2D eigenvalue weighted by molar-refractivity contribution is 5.71. The molecule has 4 heteroatoms. The number of carboxylic acids is 1.